The molecule has 3 nitrogen and oxygen atoms in total. The van der Waals surface area contributed by atoms with Crippen LogP contribution < -0.4 is 4.90 Å². The number of phenols is 1. The summed E-state index contributed by atoms with van der Waals surface area (Å²) in [4.78, 5) is 7.30. The quantitative estimate of drug-likeness (QED) is 0.841. The number of benzene rings is 1. The van der Waals surface area contributed by atoms with Gasteiger partial charge in [0.1, 0.15) is 5.75 Å². The van der Waals surface area contributed by atoms with E-state index in [0.717, 1.165) is 39.6 Å². The summed E-state index contributed by atoms with van der Waals surface area (Å²) in [6, 6.07) is 2.09. The summed E-state index contributed by atoms with van der Waals surface area (Å²) in [6.45, 7) is 10.8. The van der Waals surface area contributed by atoms with E-state index in [9.17, 15) is 5.11 Å². The van der Waals surface area contributed by atoms with Gasteiger partial charge in [-0.2, -0.15) is 0 Å². The van der Waals surface area contributed by atoms with Crippen LogP contribution in [-0.2, 0) is 0 Å². The highest BCUT2D eigenvalue weighted by Crippen LogP contribution is 2.43. The van der Waals surface area contributed by atoms with E-state index >= 15 is 0 Å². The zero-order valence-corrected chi connectivity index (χ0v) is 14.8. The summed E-state index contributed by atoms with van der Waals surface area (Å²) in [5, 5.41) is 11.8. The number of aromatic hydroxyl groups is 1. The fraction of sp³-hybridized carbons (Fsp3) is 0.611. The molecule has 0 saturated carbocycles. The van der Waals surface area contributed by atoms with Crippen molar-refractivity contribution in [3.63, 3.8) is 0 Å². The minimum absolute atomic E-state index is 0.302. The largest absolute Gasteiger partial charge is 0.507 e. The molecule has 0 aliphatic carbocycles. The lowest BCUT2D eigenvalue weighted by Crippen LogP contribution is -2.29. The van der Waals surface area contributed by atoms with Crippen LogP contribution in [0.25, 0.3) is 10.2 Å². The molecular formula is C18H26N2OS. The summed E-state index contributed by atoms with van der Waals surface area (Å²) in [5.74, 6) is 1.09. The maximum Gasteiger partial charge on any atom is 0.186 e. The van der Waals surface area contributed by atoms with Gasteiger partial charge in [0.15, 0.2) is 5.13 Å². The van der Waals surface area contributed by atoms with E-state index in [2.05, 4.69) is 38.7 Å². The lowest BCUT2D eigenvalue weighted by Gasteiger charge is -2.25. The van der Waals surface area contributed by atoms with Crippen LogP contribution in [0.15, 0.2) is 6.07 Å². The maximum absolute atomic E-state index is 10.7. The molecule has 1 saturated heterocycles. The van der Waals surface area contributed by atoms with Gasteiger partial charge < -0.3 is 10.0 Å². The Morgan fingerprint density at radius 2 is 1.77 bits per heavy atom. The first kappa shape index (κ1) is 15.6. The Balaban J connectivity index is 2.15. The zero-order valence-electron chi connectivity index (χ0n) is 14.0. The number of nitrogens with zero attached hydrogens (tertiary/aromatic N) is 2. The van der Waals surface area contributed by atoms with Crippen molar-refractivity contribution < 1.29 is 5.11 Å². The number of piperidine rings is 1. The monoisotopic (exact) mass is 318 g/mol. The molecule has 1 aromatic carbocycles. The molecule has 120 valence electrons. The smallest absolute Gasteiger partial charge is 0.186 e. The van der Waals surface area contributed by atoms with Gasteiger partial charge in [-0.25, -0.2) is 4.98 Å². The van der Waals surface area contributed by atoms with Gasteiger partial charge in [-0.3, -0.25) is 0 Å². The number of anilines is 1. The van der Waals surface area contributed by atoms with E-state index in [0.29, 0.717) is 17.6 Å². The van der Waals surface area contributed by atoms with Crippen molar-refractivity contribution in [2.75, 3.05) is 18.0 Å². The van der Waals surface area contributed by atoms with Gasteiger partial charge in [-0.1, -0.05) is 39.0 Å². The van der Waals surface area contributed by atoms with E-state index < -0.39 is 0 Å². The maximum atomic E-state index is 10.7. The highest BCUT2D eigenvalue weighted by Gasteiger charge is 2.22. The molecule has 1 aliphatic heterocycles. The molecular weight excluding hydrogens is 292 g/mol. The Kier molecular flexibility index (Phi) is 4.31. The summed E-state index contributed by atoms with van der Waals surface area (Å²) >= 11 is 1.75. The van der Waals surface area contributed by atoms with Crippen LogP contribution in [-0.4, -0.2) is 23.2 Å². The van der Waals surface area contributed by atoms with Crippen LogP contribution in [0.3, 0.4) is 0 Å². The minimum atomic E-state index is 0.302. The van der Waals surface area contributed by atoms with Gasteiger partial charge >= 0.3 is 0 Å². The second kappa shape index (κ2) is 6.07. The summed E-state index contributed by atoms with van der Waals surface area (Å²) in [6.07, 6.45) is 3.85. The minimum Gasteiger partial charge on any atom is -0.507 e. The van der Waals surface area contributed by atoms with Gasteiger partial charge in [0, 0.05) is 18.7 Å². The molecule has 4 heteroatoms. The number of hydrogen-bond acceptors (Lipinski definition) is 4. The van der Waals surface area contributed by atoms with E-state index in [1.807, 2.05) is 0 Å². The molecule has 1 aromatic heterocycles. The highest BCUT2D eigenvalue weighted by atomic mass is 32.1. The van der Waals surface area contributed by atoms with E-state index in [-0.39, 0.29) is 0 Å². The second-order valence-electron chi connectivity index (χ2n) is 6.93. The van der Waals surface area contributed by atoms with Gasteiger partial charge in [0.05, 0.1) is 10.2 Å². The fourth-order valence-corrected chi connectivity index (χ4v) is 4.58. The van der Waals surface area contributed by atoms with Gasteiger partial charge in [0.2, 0.25) is 0 Å². The summed E-state index contributed by atoms with van der Waals surface area (Å²) < 4.78 is 1.16. The van der Waals surface area contributed by atoms with Gasteiger partial charge in [-0.15, -0.1) is 0 Å². The van der Waals surface area contributed by atoms with Crippen molar-refractivity contribution in [3.05, 3.63) is 17.2 Å². The van der Waals surface area contributed by atoms with E-state index in [1.54, 1.807) is 11.3 Å². The summed E-state index contributed by atoms with van der Waals surface area (Å²) in [7, 11) is 0. The third-order valence-electron chi connectivity index (χ3n) is 4.53. The van der Waals surface area contributed by atoms with Crippen LogP contribution in [0, 0.1) is 0 Å². The van der Waals surface area contributed by atoms with Crippen molar-refractivity contribution in [1.29, 1.82) is 0 Å². The van der Waals surface area contributed by atoms with E-state index in [4.69, 9.17) is 4.98 Å². The third kappa shape index (κ3) is 2.69. The first-order chi connectivity index (χ1) is 10.5. The Hall–Kier alpha value is -1.29. The normalized spacial score (nSPS) is 16.2. The number of rotatable bonds is 3. The molecule has 2 heterocycles. The first-order valence-electron chi connectivity index (χ1n) is 8.40. The Bertz CT molecular complexity index is 669. The molecule has 1 N–H and O–H groups in total. The number of thiazole rings is 1. The number of aromatic nitrogens is 1. The molecule has 1 aliphatic rings. The van der Waals surface area contributed by atoms with Gasteiger partial charge in [0.25, 0.3) is 0 Å². The Morgan fingerprint density at radius 1 is 1.09 bits per heavy atom. The molecule has 0 atom stereocenters. The number of hydrogen-bond donors (Lipinski definition) is 1. The lowest BCUT2D eigenvalue weighted by molar-refractivity contribution is 0.456. The van der Waals surface area contributed by atoms with Crippen molar-refractivity contribution >= 4 is 26.7 Å². The Morgan fingerprint density at radius 3 is 2.36 bits per heavy atom. The van der Waals surface area contributed by atoms with Crippen molar-refractivity contribution in [3.8, 4) is 5.75 Å². The highest BCUT2D eigenvalue weighted by molar-refractivity contribution is 7.22. The standard InChI is InChI=1S/C18H26N2OS/c1-11(2)13-10-14-17(15(12(3)4)16(13)21)22-18(19-14)20-8-6-5-7-9-20/h10-12,21H,5-9H2,1-4H3. The molecule has 1 fully saturated rings. The van der Waals surface area contributed by atoms with Crippen molar-refractivity contribution in [1.82, 2.24) is 4.98 Å². The van der Waals surface area contributed by atoms with Crippen LogP contribution in [0.4, 0.5) is 5.13 Å². The van der Waals surface area contributed by atoms with Crippen molar-refractivity contribution in [2.24, 2.45) is 0 Å². The predicted octanol–water partition coefficient (Wildman–Crippen LogP) is 5.24. The SMILES string of the molecule is CC(C)c1cc2nc(N3CCCCC3)sc2c(C(C)C)c1O. The van der Waals surface area contributed by atoms with Crippen LogP contribution in [0.1, 0.15) is 69.9 Å². The van der Waals surface area contributed by atoms with Gasteiger partial charge in [-0.05, 0) is 42.7 Å². The third-order valence-corrected chi connectivity index (χ3v) is 5.70. The molecule has 0 amide bonds. The van der Waals surface area contributed by atoms with E-state index in [1.165, 1.54) is 19.3 Å². The molecule has 0 unspecified atom stereocenters. The molecule has 0 radical (unpaired) electrons. The van der Waals surface area contributed by atoms with Crippen LogP contribution in [0.5, 0.6) is 5.75 Å². The zero-order chi connectivity index (χ0) is 15.9. The lowest BCUT2D eigenvalue weighted by atomic mass is 9.93. The molecule has 3 rings (SSSR count). The topological polar surface area (TPSA) is 36.4 Å². The number of fused-ring (bicyclic) bond motifs is 1. The number of phenolic OH excluding ortho intramolecular Hbond substituents is 1. The average molecular weight is 318 g/mol. The molecule has 0 spiro atoms. The van der Waals surface area contributed by atoms with Crippen LogP contribution in [0.2, 0.25) is 0 Å². The molecule has 2 aromatic rings. The predicted molar refractivity (Wildman–Crippen MR) is 95.5 cm³/mol. The van der Waals surface area contributed by atoms with Crippen LogP contribution >= 0.6 is 11.3 Å². The summed E-state index contributed by atoms with van der Waals surface area (Å²) in [5.41, 5.74) is 3.14. The fourth-order valence-electron chi connectivity index (χ4n) is 3.29. The molecule has 22 heavy (non-hydrogen) atoms. The molecule has 0 bridgehead atoms. The van der Waals surface area contributed by atoms with Crippen molar-refractivity contribution in [2.45, 2.75) is 58.8 Å². The Labute approximate surface area is 137 Å². The average Bonchev–Trinajstić information content (AvgIpc) is 2.90. The first-order valence-corrected chi connectivity index (χ1v) is 9.22. The second-order valence-corrected chi connectivity index (χ2v) is 7.91.